The van der Waals surface area contributed by atoms with Crippen molar-refractivity contribution < 1.29 is 14.7 Å². The van der Waals surface area contributed by atoms with Crippen LogP contribution >= 0.6 is 0 Å². The Morgan fingerprint density at radius 1 is 1.32 bits per heavy atom. The molecule has 0 bridgehead atoms. The molecule has 0 atom stereocenters. The predicted molar refractivity (Wildman–Crippen MR) is 85.7 cm³/mol. The third-order valence-electron chi connectivity index (χ3n) is 3.76. The molecule has 0 heterocycles. The van der Waals surface area contributed by atoms with Crippen molar-refractivity contribution in [2.24, 2.45) is 5.92 Å². The summed E-state index contributed by atoms with van der Waals surface area (Å²) >= 11 is 0. The second-order valence-electron chi connectivity index (χ2n) is 5.71. The van der Waals surface area contributed by atoms with E-state index in [-0.39, 0.29) is 24.3 Å². The number of hydrogen-bond donors (Lipinski definition) is 2. The SMILES string of the molecule is CCCCN(CCO)C(=O)c1cccc(NC(=O)C2CC2)c1. The smallest absolute Gasteiger partial charge is 0.254 e. The Balaban J connectivity index is 2.05. The number of carbonyl (C=O) groups is 2. The predicted octanol–water partition coefficient (Wildman–Crippen LogP) is 2.27. The molecule has 5 heteroatoms. The van der Waals surface area contributed by atoms with Crippen molar-refractivity contribution in [2.75, 3.05) is 25.0 Å². The summed E-state index contributed by atoms with van der Waals surface area (Å²) in [4.78, 5) is 26.0. The van der Waals surface area contributed by atoms with E-state index < -0.39 is 0 Å². The van der Waals surface area contributed by atoms with Crippen LogP contribution in [0.1, 0.15) is 43.0 Å². The third-order valence-corrected chi connectivity index (χ3v) is 3.76. The van der Waals surface area contributed by atoms with Gasteiger partial charge in [0, 0.05) is 30.3 Å². The van der Waals surface area contributed by atoms with Crippen LogP contribution in [0.4, 0.5) is 5.69 Å². The summed E-state index contributed by atoms with van der Waals surface area (Å²) in [5.74, 6) is 0.0580. The zero-order valence-corrected chi connectivity index (χ0v) is 13.0. The van der Waals surface area contributed by atoms with Gasteiger partial charge in [0.05, 0.1) is 6.61 Å². The molecule has 0 saturated heterocycles. The standard InChI is InChI=1S/C17H24N2O3/c1-2-3-9-19(10-11-20)17(22)14-5-4-6-15(12-14)18-16(21)13-7-8-13/h4-6,12-13,20H,2-3,7-11H2,1H3,(H,18,21). The summed E-state index contributed by atoms with van der Waals surface area (Å²) in [6.07, 6.45) is 3.80. The number of benzene rings is 1. The maximum Gasteiger partial charge on any atom is 0.254 e. The molecule has 1 aliphatic carbocycles. The van der Waals surface area contributed by atoms with E-state index in [1.165, 1.54) is 0 Å². The highest BCUT2D eigenvalue weighted by molar-refractivity contribution is 5.98. The van der Waals surface area contributed by atoms with Crippen LogP contribution in [-0.4, -0.2) is 41.5 Å². The van der Waals surface area contributed by atoms with E-state index in [1.807, 2.05) is 0 Å². The van der Waals surface area contributed by atoms with Gasteiger partial charge in [-0.1, -0.05) is 19.4 Å². The van der Waals surface area contributed by atoms with E-state index in [9.17, 15) is 9.59 Å². The van der Waals surface area contributed by atoms with Crippen LogP contribution in [0.2, 0.25) is 0 Å². The molecule has 0 aromatic heterocycles. The number of amides is 2. The summed E-state index contributed by atoms with van der Waals surface area (Å²) in [7, 11) is 0. The van der Waals surface area contributed by atoms with Gasteiger partial charge in [-0.05, 0) is 37.5 Å². The fourth-order valence-corrected chi connectivity index (χ4v) is 2.29. The summed E-state index contributed by atoms with van der Waals surface area (Å²) < 4.78 is 0. The molecular formula is C17H24N2O3. The molecular weight excluding hydrogens is 280 g/mol. The second kappa shape index (κ2) is 7.94. The first-order chi connectivity index (χ1) is 10.7. The van der Waals surface area contributed by atoms with Gasteiger partial charge < -0.3 is 15.3 Å². The minimum atomic E-state index is -0.106. The van der Waals surface area contributed by atoms with Gasteiger partial charge in [0.2, 0.25) is 5.91 Å². The van der Waals surface area contributed by atoms with Crippen molar-refractivity contribution in [1.29, 1.82) is 0 Å². The molecule has 0 radical (unpaired) electrons. The molecule has 1 fully saturated rings. The molecule has 2 rings (SSSR count). The van der Waals surface area contributed by atoms with Crippen molar-refractivity contribution in [3.05, 3.63) is 29.8 Å². The number of nitrogens with zero attached hydrogens (tertiary/aromatic N) is 1. The molecule has 1 aliphatic rings. The van der Waals surface area contributed by atoms with Crippen LogP contribution in [0, 0.1) is 5.92 Å². The maximum atomic E-state index is 12.5. The average molecular weight is 304 g/mol. The number of carbonyl (C=O) groups excluding carboxylic acids is 2. The Morgan fingerprint density at radius 3 is 2.73 bits per heavy atom. The summed E-state index contributed by atoms with van der Waals surface area (Å²) in [6.45, 7) is 2.98. The Morgan fingerprint density at radius 2 is 2.09 bits per heavy atom. The molecule has 2 amide bonds. The van der Waals surface area contributed by atoms with Crippen molar-refractivity contribution in [1.82, 2.24) is 4.90 Å². The van der Waals surface area contributed by atoms with Gasteiger partial charge in [-0.15, -0.1) is 0 Å². The molecule has 1 aromatic rings. The largest absolute Gasteiger partial charge is 0.395 e. The number of unbranched alkanes of at least 4 members (excludes halogenated alkanes) is 1. The van der Waals surface area contributed by atoms with E-state index in [2.05, 4.69) is 12.2 Å². The van der Waals surface area contributed by atoms with E-state index >= 15 is 0 Å². The molecule has 0 spiro atoms. The summed E-state index contributed by atoms with van der Waals surface area (Å²) in [5.41, 5.74) is 1.19. The van der Waals surface area contributed by atoms with E-state index in [0.29, 0.717) is 24.3 Å². The van der Waals surface area contributed by atoms with Gasteiger partial charge in [-0.2, -0.15) is 0 Å². The number of nitrogens with one attached hydrogen (secondary N) is 1. The number of aliphatic hydroxyl groups excluding tert-OH is 1. The number of hydrogen-bond acceptors (Lipinski definition) is 3. The molecule has 0 aliphatic heterocycles. The van der Waals surface area contributed by atoms with Crippen molar-refractivity contribution in [3.8, 4) is 0 Å². The van der Waals surface area contributed by atoms with Crippen molar-refractivity contribution >= 4 is 17.5 Å². The molecule has 1 aromatic carbocycles. The average Bonchev–Trinajstić information content (AvgIpc) is 3.36. The first-order valence-corrected chi connectivity index (χ1v) is 7.96. The lowest BCUT2D eigenvalue weighted by molar-refractivity contribution is -0.117. The highest BCUT2D eigenvalue weighted by atomic mass is 16.3. The van der Waals surface area contributed by atoms with Gasteiger partial charge in [0.15, 0.2) is 0 Å². The lowest BCUT2D eigenvalue weighted by Crippen LogP contribution is -2.34. The lowest BCUT2D eigenvalue weighted by Gasteiger charge is -2.22. The molecule has 22 heavy (non-hydrogen) atoms. The minimum absolute atomic E-state index is 0.0304. The fraction of sp³-hybridized carbons (Fsp3) is 0.529. The molecule has 2 N–H and O–H groups in total. The number of rotatable bonds is 8. The fourth-order valence-electron chi connectivity index (χ4n) is 2.29. The molecule has 1 saturated carbocycles. The van der Waals surface area contributed by atoms with Crippen molar-refractivity contribution in [3.63, 3.8) is 0 Å². The van der Waals surface area contributed by atoms with Gasteiger partial charge in [-0.3, -0.25) is 9.59 Å². The molecule has 0 unspecified atom stereocenters. The third kappa shape index (κ3) is 4.56. The number of aliphatic hydroxyl groups is 1. The normalized spacial score (nSPS) is 13.7. The Bertz CT molecular complexity index is 526. The van der Waals surface area contributed by atoms with Crippen molar-refractivity contribution in [2.45, 2.75) is 32.6 Å². The first-order valence-electron chi connectivity index (χ1n) is 7.96. The van der Waals surface area contributed by atoms with Gasteiger partial charge in [0.1, 0.15) is 0 Å². The minimum Gasteiger partial charge on any atom is -0.395 e. The lowest BCUT2D eigenvalue weighted by atomic mass is 10.1. The van der Waals surface area contributed by atoms with Crippen LogP contribution < -0.4 is 5.32 Å². The summed E-state index contributed by atoms with van der Waals surface area (Å²) in [5, 5.41) is 12.0. The van der Waals surface area contributed by atoms with E-state index in [4.69, 9.17) is 5.11 Å². The van der Waals surface area contributed by atoms with E-state index in [1.54, 1.807) is 29.2 Å². The van der Waals surface area contributed by atoms with Gasteiger partial charge in [-0.25, -0.2) is 0 Å². The van der Waals surface area contributed by atoms with Crippen LogP contribution in [0.3, 0.4) is 0 Å². The first kappa shape index (κ1) is 16.5. The van der Waals surface area contributed by atoms with Crippen LogP contribution in [0.15, 0.2) is 24.3 Å². The quantitative estimate of drug-likeness (QED) is 0.774. The maximum absolute atomic E-state index is 12.5. The number of anilines is 1. The Kier molecular flexibility index (Phi) is 5.95. The van der Waals surface area contributed by atoms with Gasteiger partial charge in [0.25, 0.3) is 5.91 Å². The van der Waals surface area contributed by atoms with Crippen LogP contribution in [-0.2, 0) is 4.79 Å². The highest BCUT2D eigenvalue weighted by Gasteiger charge is 2.29. The monoisotopic (exact) mass is 304 g/mol. The Hall–Kier alpha value is -1.88. The zero-order chi connectivity index (χ0) is 15.9. The van der Waals surface area contributed by atoms with Gasteiger partial charge >= 0.3 is 0 Å². The van der Waals surface area contributed by atoms with E-state index in [0.717, 1.165) is 25.7 Å². The Labute approximate surface area is 131 Å². The molecule has 5 nitrogen and oxygen atoms in total. The summed E-state index contributed by atoms with van der Waals surface area (Å²) in [6, 6.07) is 7.01. The zero-order valence-electron chi connectivity index (χ0n) is 13.0. The second-order valence-corrected chi connectivity index (χ2v) is 5.71. The molecule has 120 valence electrons. The topological polar surface area (TPSA) is 69.6 Å². The van der Waals surface area contributed by atoms with Crippen LogP contribution in [0.25, 0.3) is 0 Å². The highest BCUT2D eigenvalue weighted by Crippen LogP contribution is 2.30. The van der Waals surface area contributed by atoms with Crippen LogP contribution in [0.5, 0.6) is 0 Å².